The van der Waals surface area contributed by atoms with Crippen LogP contribution in [0.15, 0.2) is 24.5 Å². The summed E-state index contributed by atoms with van der Waals surface area (Å²) in [7, 11) is 0. The molecule has 0 aliphatic rings. The fourth-order valence-electron chi connectivity index (χ4n) is 0.849. The van der Waals surface area contributed by atoms with Gasteiger partial charge in [0.1, 0.15) is 6.61 Å². The lowest BCUT2D eigenvalue weighted by Crippen LogP contribution is -2.10. The summed E-state index contributed by atoms with van der Waals surface area (Å²) in [5, 5.41) is 8.24. The molecule has 4 heteroatoms. The molecule has 0 saturated carbocycles. The van der Waals surface area contributed by atoms with Crippen LogP contribution >= 0.6 is 0 Å². The summed E-state index contributed by atoms with van der Waals surface area (Å²) < 4.78 is 6.78. The molecule has 0 bridgehead atoms. The Labute approximate surface area is 70.4 Å². The van der Waals surface area contributed by atoms with Crippen LogP contribution in [0, 0.1) is 0 Å². The van der Waals surface area contributed by atoms with E-state index in [9.17, 15) is 4.79 Å². The highest BCUT2D eigenvalue weighted by molar-refractivity contribution is 5.67. The first-order valence-corrected chi connectivity index (χ1v) is 3.69. The minimum absolute atomic E-state index is 0.221. The second-order valence-corrected chi connectivity index (χ2v) is 2.37. The predicted molar refractivity (Wildman–Crippen MR) is 42.9 cm³/mol. The average molecular weight is 169 g/mol. The first kappa shape index (κ1) is 8.80. The van der Waals surface area contributed by atoms with E-state index in [-0.39, 0.29) is 6.61 Å². The largest absolute Gasteiger partial charge is 0.480 e. The van der Waals surface area contributed by atoms with Gasteiger partial charge in [-0.1, -0.05) is 0 Å². The number of carboxylic acid groups (broad SMARTS) is 1. The molecule has 66 valence electrons. The van der Waals surface area contributed by atoms with Crippen molar-refractivity contribution in [3.05, 3.63) is 24.5 Å². The van der Waals surface area contributed by atoms with Crippen LogP contribution in [0.4, 0.5) is 0 Å². The third kappa shape index (κ3) is 3.21. The highest BCUT2D eigenvalue weighted by Gasteiger charge is 1.95. The molecule has 12 heavy (non-hydrogen) atoms. The topological polar surface area (TPSA) is 51.5 Å². The zero-order chi connectivity index (χ0) is 8.81. The fourth-order valence-corrected chi connectivity index (χ4v) is 0.849. The van der Waals surface area contributed by atoms with Gasteiger partial charge in [-0.25, -0.2) is 4.79 Å². The van der Waals surface area contributed by atoms with Crippen molar-refractivity contribution in [1.82, 2.24) is 4.57 Å². The molecule has 0 aliphatic heterocycles. The molecule has 1 aromatic rings. The second kappa shape index (κ2) is 4.56. The number of carboxylic acids is 1. The van der Waals surface area contributed by atoms with E-state index in [4.69, 9.17) is 9.84 Å². The summed E-state index contributed by atoms with van der Waals surface area (Å²) in [6.07, 6.45) is 3.81. The van der Waals surface area contributed by atoms with Gasteiger partial charge < -0.3 is 14.4 Å². The van der Waals surface area contributed by atoms with Gasteiger partial charge in [0.05, 0.1) is 6.61 Å². The number of hydrogen-bond donors (Lipinski definition) is 1. The lowest BCUT2D eigenvalue weighted by molar-refractivity contribution is -0.142. The minimum atomic E-state index is -0.928. The molecule has 0 spiro atoms. The summed E-state index contributed by atoms with van der Waals surface area (Å²) in [5.74, 6) is -0.928. The summed E-state index contributed by atoms with van der Waals surface area (Å²) in [5.41, 5.74) is 0. The Hall–Kier alpha value is -1.29. The van der Waals surface area contributed by atoms with Crippen LogP contribution in [-0.2, 0) is 16.1 Å². The number of ether oxygens (including phenoxy) is 1. The van der Waals surface area contributed by atoms with Crippen LogP contribution < -0.4 is 0 Å². The van der Waals surface area contributed by atoms with Crippen molar-refractivity contribution in [2.45, 2.75) is 6.54 Å². The lowest BCUT2D eigenvalue weighted by atomic mass is 10.6. The van der Waals surface area contributed by atoms with E-state index in [1.54, 1.807) is 0 Å². The van der Waals surface area contributed by atoms with E-state index in [1.165, 1.54) is 0 Å². The van der Waals surface area contributed by atoms with Gasteiger partial charge in [-0.15, -0.1) is 0 Å². The molecule has 0 atom stereocenters. The van der Waals surface area contributed by atoms with Gasteiger partial charge in [-0.2, -0.15) is 0 Å². The Morgan fingerprint density at radius 3 is 2.67 bits per heavy atom. The van der Waals surface area contributed by atoms with Crippen LogP contribution in [0.25, 0.3) is 0 Å². The molecule has 4 nitrogen and oxygen atoms in total. The van der Waals surface area contributed by atoms with Crippen molar-refractivity contribution in [1.29, 1.82) is 0 Å². The Morgan fingerprint density at radius 2 is 2.08 bits per heavy atom. The van der Waals surface area contributed by atoms with Gasteiger partial charge in [0, 0.05) is 18.9 Å². The Bertz CT molecular complexity index is 230. The Kier molecular flexibility index (Phi) is 3.35. The van der Waals surface area contributed by atoms with Gasteiger partial charge >= 0.3 is 5.97 Å². The van der Waals surface area contributed by atoms with E-state index < -0.39 is 5.97 Å². The van der Waals surface area contributed by atoms with Gasteiger partial charge in [0.2, 0.25) is 0 Å². The summed E-state index contributed by atoms with van der Waals surface area (Å²) >= 11 is 0. The molecule has 0 saturated heterocycles. The molecule has 1 aromatic heterocycles. The minimum Gasteiger partial charge on any atom is -0.480 e. The normalized spacial score (nSPS) is 10.0. The van der Waals surface area contributed by atoms with Crippen molar-refractivity contribution in [3.63, 3.8) is 0 Å². The van der Waals surface area contributed by atoms with Crippen molar-refractivity contribution < 1.29 is 14.6 Å². The van der Waals surface area contributed by atoms with Crippen LogP contribution in [0.2, 0.25) is 0 Å². The highest BCUT2D eigenvalue weighted by atomic mass is 16.5. The van der Waals surface area contributed by atoms with Crippen molar-refractivity contribution in [2.75, 3.05) is 13.2 Å². The smallest absolute Gasteiger partial charge is 0.329 e. The molecule has 0 radical (unpaired) electrons. The molecular weight excluding hydrogens is 158 g/mol. The summed E-state index contributed by atoms with van der Waals surface area (Å²) in [4.78, 5) is 10.0. The van der Waals surface area contributed by atoms with Crippen molar-refractivity contribution in [2.24, 2.45) is 0 Å². The van der Waals surface area contributed by atoms with Crippen LogP contribution in [0.5, 0.6) is 0 Å². The maximum absolute atomic E-state index is 10.0. The highest BCUT2D eigenvalue weighted by Crippen LogP contribution is 1.89. The number of hydrogen-bond acceptors (Lipinski definition) is 2. The van der Waals surface area contributed by atoms with Gasteiger partial charge in [-0.05, 0) is 12.1 Å². The zero-order valence-corrected chi connectivity index (χ0v) is 6.64. The predicted octanol–water partition coefficient (Wildman–Crippen LogP) is 0.589. The molecule has 0 fully saturated rings. The summed E-state index contributed by atoms with van der Waals surface area (Å²) in [6, 6.07) is 3.83. The second-order valence-electron chi connectivity index (χ2n) is 2.37. The fraction of sp³-hybridized carbons (Fsp3) is 0.375. The molecule has 1 rings (SSSR count). The lowest BCUT2D eigenvalue weighted by Gasteiger charge is -2.01. The molecule has 1 heterocycles. The first-order chi connectivity index (χ1) is 5.79. The SMILES string of the molecule is O=C(O)COCCn1cccc1. The number of aliphatic carboxylic acids is 1. The third-order valence-electron chi connectivity index (χ3n) is 1.39. The van der Waals surface area contributed by atoms with E-state index in [0.717, 1.165) is 0 Å². The number of rotatable bonds is 5. The summed E-state index contributed by atoms with van der Waals surface area (Å²) in [6.45, 7) is 0.905. The standard InChI is InChI=1S/C8H11NO3/c10-8(11)7-12-6-5-9-3-1-2-4-9/h1-4H,5-7H2,(H,10,11). The quantitative estimate of drug-likeness (QED) is 0.656. The van der Waals surface area contributed by atoms with Crippen molar-refractivity contribution in [3.8, 4) is 0 Å². The average Bonchev–Trinajstić information content (AvgIpc) is 2.49. The van der Waals surface area contributed by atoms with E-state index in [1.807, 2.05) is 29.1 Å². The Balaban J connectivity index is 2.07. The van der Waals surface area contributed by atoms with Crippen LogP contribution in [0.1, 0.15) is 0 Å². The van der Waals surface area contributed by atoms with E-state index in [0.29, 0.717) is 13.2 Å². The maximum Gasteiger partial charge on any atom is 0.329 e. The molecule has 0 amide bonds. The molecule has 0 aliphatic carbocycles. The van der Waals surface area contributed by atoms with Gasteiger partial charge in [0.25, 0.3) is 0 Å². The van der Waals surface area contributed by atoms with Crippen LogP contribution in [-0.4, -0.2) is 28.9 Å². The first-order valence-electron chi connectivity index (χ1n) is 3.69. The number of carbonyl (C=O) groups is 1. The monoisotopic (exact) mass is 169 g/mol. The van der Waals surface area contributed by atoms with Gasteiger partial charge in [-0.3, -0.25) is 0 Å². The molecule has 1 N–H and O–H groups in total. The van der Waals surface area contributed by atoms with E-state index in [2.05, 4.69) is 0 Å². The van der Waals surface area contributed by atoms with Gasteiger partial charge in [0.15, 0.2) is 0 Å². The Morgan fingerprint density at radius 1 is 1.42 bits per heavy atom. The maximum atomic E-state index is 10.0. The zero-order valence-electron chi connectivity index (χ0n) is 6.64. The molecule has 0 aromatic carbocycles. The van der Waals surface area contributed by atoms with E-state index >= 15 is 0 Å². The molecular formula is C8H11NO3. The number of nitrogens with zero attached hydrogens (tertiary/aromatic N) is 1. The molecule has 0 unspecified atom stereocenters. The van der Waals surface area contributed by atoms with Crippen molar-refractivity contribution >= 4 is 5.97 Å². The third-order valence-corrected chi connectivity index (χ3v) is 1.39. The number of aromatic nitrogens is 1. The van der Waals surface area contributed by atoms with Crippen LogP contribution in [0.3, 0.4) is 0 Å².